The van der Waals surface area contributed by atoms with Gasteiger partial charge in [0, 0.05) is 12.7 Å². The number of halogens is 1. The molecule has 0 radical (unpaired) electrons. The number of benzene rings is 2. The van der Waals surface area contributed by atoms with Crippen LogP contribution in [0.1, 0.15) is 0 Å². The molecule has 0 N–H and O–H groups in total. The van der Waals surface area contributed by atoms with Crippen LogP contribution >= 0.6 is 34.8 Å². The van der Waals surface area contributed by atoms with E-state index in [0.29, 0.717) is 0 Å². The molecule has 0 atom stereocenters. The van der Waals surface area contributed by atoms with Crippen LogP contribution in [0.15, 0.2) is 66.7 Å². The van der Waals surface area contributed by atoms with Gasteiger partial charge in [0.2, 0.25) is 0 Å². The fourth-order valence-corrected chi connectivity index (χ4v) is 3.51. The Kier molecular flexibility index (Phi) is 4.22. The van der Waals surface area contributed by atoms with E-state index >= 15 is 0 Å². The molecule has 2 aromatic carbocycles. The Morgan fingerprint density at radius 3 is 1.95 bits per heavy atom. The predicted molar refractivity (Wildman–Crippen MR) is 99.8 cm³/mol. The van der Waals surface area contributed by atoms with Gasteiger partial charge in [0.15, 0.2) is 0 Å². The Balaban J connectivity index is 2.31. The average Bonchev–Trinajstić information content (AvgIpc) is 2.53. The first-order chi connectivity index (χ1) is 10.2. The maximum absolute atomic E-state index is 5.57. The minimum Gasteiger partial charge on any atom is -0.343 e. The molecule has 0 aliphatic rings. The normalized spacial score (nSPS) is 10.6. The van der Waals surface area contributed by atoms with Crippen molar-refractivity contribution in [2.45, 2.75) is 0 Å². The van der Waals surface area contributed by atoms with Crippen molar-refractivity contribution in [2.75, 3.05) is 0 Å². The van der Waals surface area contributed by atoms with Gasteiger partial charge in [-0.1, -0.05) is 72.9 Å². The molecule has 0 amide bonds. The fraction of sp³-hybridized carbons (Fsp3) is 0.0556. The SMILES string of the molecule is Cn1c(-c2ccccc2)cc(=S)c(I)c1-c1ccccc1. The van der Waals surface area contributed by atoms with Gasteiger partial charge in [-0.15, -0.1) is 0 Å². The Bertz CT molecular complexity index is 823. The van der Waals surface area contributed by atoms with Crippen LogP contribution in [-0.2, 0) is 7.05 Å². The summed E-state index contributed by atoms with van der Waals surface area (Å²) in [7, 11) is 2.10. The zero-order valence-corrected chi connectivity index (χ0v) is 14.6. The van der Waals surface area contributed by atoms with E-state index in [2.05, 4.69) is 88.8 Å². The van der Waals surface area contributed by atoms with Crippen molar-refractivity contribution in [3.63, 3.8) is 0 Å². The monoisotopic (exact) mass is 403 g/mol. The van der Waals surface area contributed by atoms with E-state index in [4.69, 9.17) is 12.2 Å². The quantitative estimate of drug-likeness (QED) is 0.393. The smallest absolute Gasteiger partial charge is 0.0632 e. The van der Waals surface area contributed by atoms with Crippen molar-refractivity contribution < 1.29 is 0 Å². The molecule has 3 heteroatoms. The summed E-state index contributed by atoms with van der Waals surface area (Å²) < 4.78 is 4.24. The summed E-state index contributed by atoms with van der Waals surface area (Å²) in [6.07, 6.45) is 0. The Morgan fingerprint density at radius 2 is 1.38 bits per heavy atom. The first-order valence-electron chi connectivity index (χ1n) is 6.69. The molecule has 0 bridgehead atoms. The minimum absolute atomic E-state index is 0.895. The number of aromatic nitrogens is 1. The van der Waals surface area contributed by atoms with Gasteiger partial charge in [-0.3, -0.25) is 0 Å². The molecule has 0 aliphatic heterocycles. The Morgan fingerprint density at radius 1 is 0.857 bits per heavy atom. The third-order valence-corrected chi connectivity index (χ3v) is 5.29. The van der Waals surface area contributed by atoms with Crippen molar-refractivity contribution >= 4 is 34.8 Å². The highest BCUT2D eigenvalue weighted by atomic mass is 127. The van der Waals surface area contributed by atoms with Gasteiger partial charge >= 0.3 is 0 Å². The van der Waals surface area contributed by atoms with Crippen LogP contribution in [0.4, 0.5) is 0 Å². The minimum atomic E-state index is 0.895. The van der Waals surface area contributed by atoms with Gasteiger partial charge in [-0.2, -0.15) is 0 Å². The van der Waals surface area contributed by atoms with Gasteiger partial charge in [0.05, 0.1) is 13.8 Å². The lowest BCUT2D eigenvalue weighted by molar-refractivity contribution is 0.917. The number of hydrogen-bond donors (Lipinski definition) is 0. The lowest BCUT2D eigenvalue weighted by atomic mass is 10.1. The van der Waals surface area contributed by atoms with Crippen molar-refractivity contribution in [3.05, 3.63) is 74.8 Å². The second kappa shape index (κ2) is 6.12. The lowest BCUT2D eigenvalue weighted by Gasteiger charge is -2.17. The predicted octanol–water partition coefficient (Wildman–Crippen LogP) is 5.69. The molecule has 0 fully saturated rings. The molecule has 0 unspecified atom stereocenters. The maximum Gasteiger partial charge on any atom is 0.0632 e. The summed E-state index contributed by atoms with van der Waals surface area (Å²) >= 11 is 7.91. The van der Waals surface area contributed by atoms with Gasteiger partial charge < -0.3 is 4.57 Å². The molecule has 0 saturated heterocycles. The highest BCUT2D eigenvalue weighted by Gasteiger charge is 2.12. The molecular formula is C18H14INS. The van der Waals surface area contributed by atoms with Crippen LogP contribution < -0.4 is 0 Å². The molecule has 0 saturated carbocycles. The van der Waals surface area contributed by atoms with E-state index in [-0.39, 0.29) is 0 Å². The summed E-state index contributed by atoms with van der Waals surface area (Å²) in [5, 5.41) is 0. The number of rotatable bonds is 2. The van der Waals surface area contributed by atoms with Crippen molar-refractivity contribution in [2.24, 2.45) is 7.05 Å². The number of nitrogens with zero attached hydrogens (tertiary/aromatic N) is 1. The second-order valence-electron chi connectivity index (χ2n) is 4.85. The van der Waals surface area contributed by atoms with Crippen LogP contribution in [0.5, 0.6) is 0 Å². The van der Waals surface area contributed by atoms with E-state index in [1.807, 2.05) is 12.1 Å². The summed E-state index contributed by atoms with van der Waals surface area (Å²) in [5.74, 6) is 0. The number of pyridine rings is 1. The van der Waals surface area contributed by atoms with Crippen molar-refractivity contribution in [1.29, 1.82) is 0 Å². The Labute approximate surface area is 143 Å². The Hall–Kier alpha value is -1.46. The lowest BCUT2D eigenvalue weighted by Crippen LogP contribution is -2.04. The topological polar surface area (TPSA) is 4.93 Å². The molecule has 0 aliphatic carbocycles. The summed E-state index contributed by atoms with van der Waals surface area (Å²) in [6.45, 7) is 0. The molecule has 0 spiro atoms. The van der Waals surface area contributed by atoms with Crippen LogP contribution in [0.2, 0.25) is 0 Å². The van der Waals surface area contributed by atoms with Gasteiger partial charge in [0.25, 0.3) is 0 Å². The largest absolute Gasteiger partial charge is 0.343 e. The van der Waals surface area contributed by atoms with Crippen molar-refractivity contribution in [1.82, 2.24) is 4.57 Å². The van der Waals surface area contributed by atoms with Gasteiger partial charge in [-0.05, 0) is 39.8 Å². The molecular weight excluding hydrogens is 389 g/mol. The van der Waals surface area contributed by atoms with E-state index in [0.717, 1.165) is 13.8 Å². The summed E-state index contributed by atoms with van der Waals surface area (Å²) in [4.78, 5) is 0. The van der Waals surface area contributed by atoms with Gasteiger partial charge in [0.1, 0.15) is 0 Å². The van der Waals surface area contributed by atoms with E-state index < -0.39 is 0 Å². The highest BCUT2D eigenvalue weighted by Crippen LogP contribution is 2.30. The van der Waals surface area contributed by atoms with Crippen LogP contribution in [0.3, 0.4) is 0 Å². The second-order valence-corrected chi connectivity index (χ2v) is 6.37. The van der Waals surface area contributed by atoms with Crippen molar-refractivity contribution in [3.8, 4) is 22.5 Å². The molecule has 3 aromatic rings. The third kappa shape index (κ3) is 2.80. The molecule has 104 valence electrons. The van der Waals surface area contributed by atoms with Gasteiger partial charge in [-0.25, -0.2) is 0 Å². The van der Waals surface area contributed by atoms with E-state index in [1.165, 1.54) is 16.8 Å². The summed E-state index contributed by atoms with van der Waals surface area (Å²) in [5.41, 5.74) is 4.68. The standard InChI is InChI=1S/C18H14INS/c1-20-15(13-8-4-2-5-9-13)12-16(21)17(19)18(20)14-10-6-3-7-11-14/h2-12H,1H3. The van der Waals surface area contributed by atoms with E-state index in [9.17, 15) is 0 Å². The van der Waals surface area contributed by atoms with E-state index in [1.54, 1.807) is 0 Å². The highest BCUT2D eigenvalue weighted by molar-refractivity contribution is 14.1. The maximum atomic E-state index is 5.57. The average molecular weight is 403 g/mol. The fourth-order valence-electron chi connectivity index (χ4n) is 2.47. The zero-order valence-electron chi connectivity index (χ0n) is 11.6. The summed E-state index contributed by atoms with van der Waals surface area (Å²) in [6, 6.07) is 22.9. The van der Waals surface area contributed by atoms with Crippen LogP contribution in [-0.4, -0.2) is 4.57 Å². The number of hydrogen-bond acceptors (Lipinski definition) is 1. The first-order valence-corrected chi connectivity index (χ1v) is 8.17. The van der Waals surface area contributed by atoms with Crippen LogP contribution in [0, 0.1) is 8.08 Å². The first kappa shape index (κ1) is 14.5. The molecule has 1 nitrogen and oxygen atoms in total. The zero-order chi connectivity index (χ0) is 14.8. The molecule has 3 rings (SSSR count). The molecule has 1 heterocycles. The molecule has 1 aromatic heterocycles. The molecule has 21 heavy (non-hydrogen) atoms. The van der Waals surface area contributed by atoms with Crippen LogP contribution in [0.25, 0.3) is 22.5 Å². The third-order valence-electron chi connectivity index (χ3n) is 3.51.